The number of methoxy groups -OCH3 is 1. The molecule has 1 amide bonds. The second-order valence-electron chi connectivity index (χ2n) is 5.12. The lowest BCUT2D eigenvalue weighted by Gasteiger charge is -2.13. The van der Waals surface area contributed by atoms with Crippen LogP contribution in [0, 0.1) is 0 Å². The highest BCUT2D eigenvalue weighted by Crippen LogP contribution is 2.08. The number of benzene rings is 1. The topological polar surface area (TPSA) is 51.5 Å². The molecule has 112 valence electrons. The molecule has 1 aromatic heterocycles. The van der Waals surface area contributed by atoms with Gasteiger partial charge in [0.15, 0.2) is 0 Å². The van der Waals surface area contributed by atoms with Gasteiger partial charge in [-0.1, -0.05) is 12.1 Å². The Morgan fingerprint density at radius 2 is 2.05 bits per heavy atom. The molecule has 4 heteroatoms. The molecule has 2 aromatic rings. The molecule has 21 heavy (non-hydrogen) atoms. The van der Waals surface area contributed by atoms with Gasteiger partial charge in [-0.3, -0.25) is 4.79 Å². The van der Waals surface area contributed by atoms with Crippen molar-refractivity contribution in [2.45, 2.75) is 32.4 Å². The van der Waals surface area contributed by atoms with E-state index >= 15 is 0 Å². The fraction of sp³-hybridized carbons (Fsp3) is 0.353. The van der Waals surface area contributed by atoms with Crippen molar-refractivity contribution >= 4 is 5.91 Å². The summed E-state index contributed by atoms with van der Waals surface area (Å²) in [5.41, 5.74) is 1.72. The Labute approximate surface area is 125 Å². The van der Waals surface area contributed by atoms with E-state index in [1.807, 2.05) is 43.3 Å². The lowest BCUT2D eigenvalue weighted by molar-refractivity contribution is 0.0938. The minimum atomic E-state index is -0.0501. The molecular weight excluding hydrogens is 266 g/mol. The monoisotopic (exact) mass is 287 g/mol. The van der Waals surface area contributed by atoms with Crippen molar-refractivity contribution in [2.24, 2.45) is 0 Å². The van der Waals surface area contributed by atoms with Gasteiger partial charge in [-0.2, -0.15) is 0 Å². The quantitative estimate of drug-likeness (QED) is 0.851. The minimum absolute atomic E-state index is 0.0501. The number of rotatable bonds is 7. The molecule has 1 atom stereocenters. The zero-order valence-electron chi connectivity index (χ0n) is 12.5. The molecule has 0 aliphatic heterocycles. The number of carbonyl (C=O) groups is 1. The number of aryl methyl sites for hydroxylation is 1. The fourth-order valence-corrected chi connectivity index (χ4v) is 2.11. The van der Waals surface area contributed by atoms with E-state index in [1.165, 1.54) is 0 Å². The average Bonchev–Trinajstić information content (AvgIpc) is 2.99. The third-order valence-electron chi connectivity index (χ3n) is 3.31. The van der Waals surface area contributed by atoms with E-state index in [4.69, 9.17) is 9.15 Å². The van der Waals surface area contributed by atoms with Crippen LogP contribution in [0.3, 0.4) is 0 Å². The van der Waals surface area contributed by atoms with Crippen LogP contribution in [0.5, 0.6) is 0 Å². The van der Waals surface area contributed by atoms with Crippen LogP contribution in [0.1, 0.15) is 35.0 Å². The third-order valence-corrected chi connectivity index (χ3v) is 3.31. The van der Waals surface area contributed by atoms with Crippen molar-refractivity contribution in [3.05, 3.63) is 59.5 Å². The molecule has 0 fully saturated rings. The van der Waals surface area contributed by atoms with Gasteiger partial charge in [0.25, 0.3) is 5.91 Å². The predicted octanol–water partition coefficient (Wildman–Crippen LogP) is 3.18. The maximum atomic E-state index is 12.1. The van der Waals surface area contributed by atoms with E-state index in [0.717, 1.165) is 24.2 Å². The Hall–Kier alpha value is -2.07. The lowest BCUT2D eigenvalue weighted by atomic mass is 10.1. The molecule has 0 saturated carbocycles. The number of furan rings is 1. The van der Waals surface area contributed by atoms with Crippen molar-refractivity contribution in [1.82, 2.24) is 5.32 Å². The Balaban J connectivity index is 1.82. The molecule has 0 aliphatic rings. The van der Waals surface area contributed by atoms with Gasteiger partial charge < -0.3 is 14.5 Å². The number of carbonyl (C=O) groups excluding carboxylic acids is 1. The second-order valence-corrected chi connectivity index (χ2v) is 5.12. The van der Waals surface area contributed by atoms with Gasteiger partial charge in [-0.05, 0) is 43.2 Å². The maximum absolute atomic E-state index is 12.1. The molecule has 1 aromatic carbocycles. The van der Waals surface area contributed by atoms with Crippen molar-refractivity contribution < 1.29 is 13.9 Å². The molecule has 0 saturated heterocycles. The van der Waals surface area contributed by atoms with Gasteiger partial charge in [0.1, 0.15) is 5.76 Å². The molecule has 2 rings (SSSR count). The normalized spacial score (nSPS) is 12.1. The summed E-state index contributed by atoms with van der Waals surface area (Å²) in [5, 5.41) is 3.00. The summed E-state index contributed by atoms with van der Waals surface area (Å²) in [6.07, 6.45) is 3.34. The molecule has 0 aliphatic carbocycles. The van der Waals surface area contributed by atoms with Gasteiger partial charge in [0.2, 0.25) is 0 Å². The molecule has 0 radical (unpaired) electrons. The van der Waals surface area contributed by atoms with E-state index in [0.29, 0.717) is 12.2 Å². The van der Waals surface area contributed by atoms with E-state index in [-0.39, 0.29) is 11.9 Å². The van der Waals surface area contributed by atoms with E-state index in [9.17, 15) is 4.79 Å². The molecule has 1 heterocycles. The van der Waals surface area contributed by atoms with Crippen LogP contribution in [-0.4, -0.2) is 19.1 Å². The first-order valence-corrected chi connectivity index (χ1v) is 7.10. The molecule has 1 unspecified atom stereocenters. The summed E-state index contributed by atoms with van der Waals surface area (Å²) >= 11 is 0. The Bertz CT molecular complexity index is 546. The first kappa shape index (κ1) is 15.3. The highest BCUT2D eigenvalue weighted by atomic mass is 16.5. The van der Waals surface area contributed by atoms with Gasteiger partial charge in [0, 0.05) is 25.1 Å². The summed E-state index contributed by atoms with van der Waals surface area (Å²) < 4.78 is 10.3. The zero-order valence-corrected chi connectivity index (χ0v) is 12.5. The van der Waals surface area contributed by atoms with Crippen LogP contribution in [-0.2, 0) is 17.8 Å². The van der Waals surface area contributed by atoms with Gasteiger partial charge in [0.05, 0.1) is 12.9 Å². The maximum Gasteiger partial charge on any atom is 0.251 e. The number of ether oxygens (including phenoxy) is 1. The molecule has 1 N–H and O–H groups in total. The second kappa shape index (κ2) is 7.64. The van der Waals surface area contributed by atoms with E-state index in [2.05, 4.69) is 5.32 Å². The van der Waals surface area contributed by atoms with Crippen LogP contribution < -0.4 is 5.32 Å². The van der Waals surface area contributed by atoms with Crippen molar-refractivity contribution in [3.8, 4) is 0 Å². The van der Waals surface area contributed by atoms with Crippen molar-refractivity contribution in [3.63, 3.8) is 0 Å². The smallest absolute Gasteiger partial charge is 0.251 e. The standard InChI is InChI=1S/C17H21NO3/c1-13(5-10-16-4-3-11-21-16)18-17(19)15-8-6-14(7-9-15)12-20-2/h3-4,6-9,11,13H,5,10,12H2,1-2H3,(H,18,19). The summed E-state index contributed by atoms with van der Waals surface area (Å²) in [7, 11) is 1.65. The number of hydrogen-bond donors (Lipinski definition) is 1. The van der Waals surface area contributed by atoms with E-state index < -0.39 is 0 Å². The SMILES string of the molecule is COCc1ccc(C(=O)NC(C)CCc2ccco2)cc1. The third kappa shape index (κ3) is 4.76. The summed E-state index contributed by atoms with van der Waals surface area (Å²) in [6, 6.07) is 11.4. The van der Waals surface area contributed by atoms with Crippen molar-refractivity contribution in [1.29, 1.82) is 0 Å². The van der Waals surface area contributed by atoms with Gasteiger partial charge in [-0.15, -0.1) is 0 Å². The summed E-state index contributed by atoms with van der Waals surface area (Å²) in [4.78, 5) is 12.1. The Morgan fingerprint density at radius 3 is 2.67 bits per heavy atom. The highest BCUT2D eigenvalue weighted by Gasteiger charge is 2.10. The predicted molar refractivity (Wildman–Crippen MR) is 81.1 cm³/mol. The zero-order chi connectivity index (χ0) is 15.1. The average molecular weight is 287 g/mol. The van der Waals surface area contributed by atoms with Crippen LogP contribution in [0.4, 0.5) is 0 Å². The highest BCUT2D eigenvalue weighted by molar-refractivity contribution is 5.94. The Morgan fingerprint density at radius 1 is 1.29 bits per heavy atom. The first-order valence-electron chi connectivity index (χ1n) is 7.10. The van der Waals surface area contributed by atoms with Gasteiger partial charge >= 0.3 is 0 Å². The summed E-state index contributed by atoms with van der Waals surface area (Å²) in [6.45, 7) is 2.56. The van der Waals surface area contributed by atoms with Crippen molar-refractivity contribution in [2.75, 3.05) is 7.11 Å². The number of nitrogens with one attached hydrogen (secondary N) is 1. The molecule has 0 bridgehead atoms. The Kier molecular flexibility index (Phi) is 5.58. The van der Waals surface area contributed by atoms with Crippen LogP contribution in [0.25, 0.3) is 0 Å². The molecule has 4 nitrogen and oxygen atoms in total. The van der Waals surface area contributed by atoms with Crippen LogP contribution in [0.15, 0.2) is 47.1 Å². The van der Waals surface area contributed by atoms with E-state index in [1.54, 1.807) is 13.4 Å². The fourth-order valence-electron chi connectivity index (χ4n) is 2.11. The minimum Gasteiger partial charge on any atom is -0.469 e. The van der Waals surface area contributed by atoms with Gasteiger partial charge in [-0.25, -0.2) is 0 Å². The number of amides is 1. The molecule has 0 spiro atoms. The largest absolute Gasteiger partial charge is 0.469 e. The number of hydrogen-bond acceptors (Lipinski definition) is 3. The van der Waals surface area contributed by atoms with Crippen LogP contribution in [0.2, 0.25) is 0 Å². The molecular formula is C17H21NO3. The first-order chi connectivity index (χ1) is 10.2. The lowest BCUT2D eigenvalue weighted by Crippen LogP contribution is -2.32. The van der Waals surface area contributed by atoms with Crippen LogP contribution >= 0.6 is 0 Å². The summed E-state index contributed by atoms with van der Waals surface area (Å²) in [5.74, 6) is 0.894.